The smallest absolute Gasteiger partial charge is 0.337 e. The predicted octanol–water partition coefficient (Wildman–Crippen LogP) is 0.0525. The van der Waals surface area contributed by atoms with E-state index < -0.39 is 10.8 Å². The van der Waals surface area contributed by atoms with Gasteiger partial charge in [-0.3, -0.25) is 5.41 Å². The van der Waals surface area contributed by atoms with Crippen LogP contribution in [0.4, 0.5) is 0 Å². The maximum Gasteiger partial charge on any atom is 0.337 e. The molecule has 0 rings (SSSR count). The molecule has 0 amide bonds. The fourth-order valence-electron chi connectivity index (χ4n) is 0.860. The molecular formula is C6H13BrN4O3S. The minimum absolute atomic E-state index is 0.167. The van der Waals surface area contributed by atoms with Crippen molar-refractivity contribution in [2.24, 2.45) is 5.73 Å². The van der Waals surface area contributed by atoms with Gasteiger partial charge in [0.25, 0.3) is 0 Å². The fraction of sp³-hybridized carbons (Fsp3) is 0.667. The Morgan fingerprint density at radius 3 is 2.60 bits per heavy atom. The van der Waals surface area contributed by atoms with Gasteiger partial charge in [0, 0.05) is 6.54 Å². The molecule has 0 aromatic carbocycles. The third-order valence-corrected chi connectivity index (χ3v) is 4.07. The molecule has 0 aliphatic heterocycles. The summed E-state index contributed by atoms with van der Waals surface area (Å²) >= 11 is 2.94. The molecule has 0 saturated heterocycles. The molecule has 0 radical (unpaired) electrons. The van der Waals surface area contributed by atoms with E-state index >= 15 is 0 Å². The van der Waals surface area contributed by atoms with Gasteiger partial charge in [0.05, 0.1) is 0 Å². The molecule has 0 aliphatic carbocycles. The number of hydrogen-bond acceptors (Lipinski definition) is 5. The molecule has 88 valence electrons. The Labute approximate surface area is 98.5 Å². The first kappa shape index (κ1) is 14.5. The van der Waals surface area contributed by atoms with Crippen molar-refractivity contribution < 1.29 is 15.1 Å². The molecule has 7 nitrogen and oxygen atoms in total. The molecule has 0 aliphatic rings. The molecule has 9 heteroatoms. The van der Waals surface area contributed by atoms with Crippen LogP contribution in [0.15, 0.2) is 0 Å². The second-order valence-electron chi connectivity index (χ2n) is 2.77. The second kappa shape index (κ2) is 6.88. The van der Waals surface area contributed by atoms with E-state index in [1.54, 1.807) is 5.48 Å². The average molecular weight is 301 g/mol. The summed E-state index contributed by atoms with van der Waals surface area (Å²) in [5, 5.41) is 27.1. The predicted molar refractivity (Wildman–Crippen MR) is 61.0 cm³/mol. The number of nitrogens with two attached hydrogens (primary N) is 1. The lowest BCUT2D eigenvalue weighted by Crippen LogP contribution is -2.47. The van der Waals surface area contributed by atoms with Crippen LogP contribution >= 0.6 is 25.0 Å². The molecule has 0 aromatic heterocycles. The van der Waals surface area contributed by atoms with Crippen LogP contribution in [0.2, 0.25) is 0 Å². The molecule has 0 heterocycles. The standard InChI is InChI=1S/C6H13BrN4O3S/c7-15-6(11-14,4(12)13)2-1-3-10-5(8)9/h11,14H,1-3H2,(H,12,13)(H4,8,9,10). The van der Waals surface area contributed by atoms with Crippen LogP contribution < -0.4 is 16.5 Å². The van der Waals surface area contributed by atoms with Gasteiger partial charge in [-0.2, -0.15) is 5.48 Å². The number of nitrogens with one attached hydrogen (secondary N) is 3. The van der Waals surface area contributed by atoms with Crippen molar-refractivity contribution >= 4 is 36.9 Å². The van der Waals surface area contributed by atoms with Crippen LogP contribution in [0.1, 0.15) is 12.8 Å². The number of hydrogen-bond donors (Lipinski definition) is 6. The highest BCUT2D eigenvalue weighted by atomic mass is 79.9. The molecule has 0 aromatic rings. The first-order valence-corrected chi connectivity index (χ1v) is 6.66. The molecular weight excluding hydrogens is 288 g/mol. The van der Waals surface area contributed by atoms with Crippen molar-refractivity contribution in [2.45, 2.75) is 17.7 Å². The summed E-state index contributed by atoms with van der Waals surface area (Å²) < 4.78 is 0. The molecule has 0 fully saturated rings. The van der Waals surface area contributed by atoms with Crippen LogP contribution in [0.25, 0.3) is 0 Å². The lowest BCUT2D eigenvalue weighted by molar-refractivity contribution is -0.144. The maximum absolute atomic E-state index is 10.9. The van der Waals surface area contributed by atoms with Crippen LogP contribution in [0, 0.1) is 5.41 Å². The monoisotopic (exact) mass is 300 g/mol. The summed E-state index contributed by atoms with van der Waals surface area (Å²) in [4.78, 5) is 9.38. The second-order valence-corrected chi connectivity index (χ2v) is 4.59. The Morgan fingerprint density at radius 1 is 1.67 bits per heavy atom. The topological polar surface area (TPSA) is 131 Å². The summed E-state index contributed by atoms with van der Waals surface area (Å²) in [7, 11) is 0.823. The summed E-state index contributed by atoms with van der Waals surface area (Å²) in [5.41, 5.74) is 6.80. The van der Waals surface area contributed by atoms with Crippen molar-refractivity contribution in [2.75, 3.05) is 6.54 Å². The van der Waals surface area contributed by atoms with Crippen LogP contribution in [-0.2, 0) is 4.79 Å². The average Bonchev–Trinajstić information content (AvgIpc) is 2.18. The van der Waals surface area contributed by atoms with Gasteiger partial charge in [-0.25, -0.2) is 4.79 Å². The van der Waals surface area contributed by atoms with Gasteiger partial charge in [-0.05, 0) is 37.8 Å². The Morgan fingerprint density at radius 2 is 2.27 bits per heavy atom. The molecule has 0 spiro atoms. The Hall–Kier alpha value is -0.510. The number of rotatable bonds is 7. The highest BCUT2D eigenvalue weighted by molar-refractivity contribution is 9.50. The van der Waals surface area contributed by atoms with Gasteiger partial charge in [0.2, 0.25) is 0 Å². The van der Waals surface area contributed by atoms with E-state index in [-0.39, 0.29) is 12.4 Å². The van der Waals surface area contributed by atoms with Crippen molar-refractivity contribution in [3.8, 4) is 0 Å². The van der Waals surface area contributed by atoms with Crippen LogP contribution in [-0.4, -0.2) is 33.7 Å². The van der Waals surface area contributed by atoms with Crippen LogP contribution in [0.5, 0.6) is 0 Å². The lowest BCUT2D eigenvalue weighted by Gasteiger charge is -2.24. The van der Waals surface area contributed by atoms with Gasteiger partial charge in [0.15, 0.2) is 10.8 Å². The maximum atomic E-state index is 10.9. The highest BCUT2D eigenvalue weighted by Gasteiger charge is 2.37. The molecule has 1 unspecified atom stereocenters. The van der Waals surface area contributed by atoms with E-state index in [1.807, 2.05) is 0 Å². The van der Waals surface area contributed by atoms with E-state index in [1.165, 1.54) is 0 Å². The van der Waals surface area contributed by atoms with Crippen molar-refractivity contribution in [1.29, 1.82) is 5.41 Å². The number of guanidine groups is 1. The first-order valence-electron chi connectivity index (χ1n) is 4.01. The van der Waals surface area contributed by atoms with Crippen molar-refractivity contribution in [1.82, 2.24) is 10.8 Å². The number of carboxylic acids is 1. The number of hydroxylamine groups is 1. The molecule has 0 saturated carbocycles. The quantitative estimate of drug-likeness (QED) is 0.129. The third-order valence-electron chi connectivity index (χ3n) is 1.68. The van der Waals surface area contributed by atoms with Gasteiger partial charge in [-0.15, -0.1) is 0 Å². The Balaban J connectivity index is 4.07. The largest absolute Gasteiger partial charge is 0.479 e. The highest BCUT2D eigenvalue weighted by Crippen LogP contribution is 2.32. The zero-order valence-corrected chi connectivity index (χ0v) is 10.2. The van der Waals surface area contributed by atoms with E-state index in [2.05, 4.69) is 20.1 Å². The summed E-state index contributed by atoms with van der Waals surface area (Å²) in [5.74, 6) is -1.34. The van der Waals surface area contributed by atoms with E-state index in [4.69, 9.17) is 21.5 Å². The minimum Gasteiger partial charge on any atom is -0.479 e. The van der Waals surface area contributed by atoms with Crippen molar-refractivity contribution in [3.05, 3.63) is 0 Å². The van der Waals surface area contributed by atoms with Gasteiger partial charge < -0.3 is 21.4 Å². The third kappa shape index (κ3) is 4.69. The molecule has 1 atom stereocenters. The Bertz CT molecular complexity index is 236. The SMILES string of the molecule is N=C(N)NCCCC(NO)(SBr)C(=O)O. The lowest BCUT2D eigenvalue weighted by atomic mass is 10.1. The normalized spacial score (nSPS) is 14.3. The number of carbonyl (C=O) groups is 1. The van der Waals surface area contributed by atoms with E-state index in [9.17, 15) is 4.79 Å². The van der Waals surface area contributed by atoms with Gasteiger partial charge in [-0.1, -0.05) is 0 Å². The van der Waals surface area contributed by atoms with Gasteiger partial charge >= 0.3 is 5.97 Å². The fourth-order valence-corrected chi connectivity index (χ4v) is 2.30. The zero-order chi connectivity index (χ0) is 11.9. The molecule has 15 heavy (non-hydrogen) atoms. The number of aliphatic carboxylic acids is 1. The van der Waals surface area contributed by atoms with Crippen molar-refractivity contribution in [3.63, 3.8) is 0 Å². The number of carboxylic acid groups (broad SMARTS) is 1. The summed E-state index contributed by atoms with van der Waals surface area (Å²) in [6.07, 6.45) is 0.618. The summed E-state index contributed by atoms with van der Waals surface area (Å²) in [6.45, 7) is 0.375. The van der Waals surface area contributed by atoms with Crippen LogP contribution in [0.3, 0.4) is 0 Å². The zero-order valence-electron chi connectivity index (χ0n) is 7.79. The van der Waals surface area contributed by atoms with E-state index in [0.29, 0.717) is 13.0 Å². The minimum atomic E-state index is -1.47. The summed E-state index contributed by atoms with van der Waals surface area (Å²) in [6, 6.07) is 0. The van der Waals surface area contributed by atoms with E-state index in [0.717, 1.165) is 10.2 Å². The Kier molecular flexibility index (Phi) is 6.65. The first-order chi connectivity index (χ1) is 6.98. The number of halogens is 1. The molecule has 0 bridgehead atoms. The molecule has 7 N–H and O–H groups in total. The van der Waals surface area contributed by atoms with Gasteiger partial charge in [0.1, 0.15) is 0 Å².